The number of amides is 3. The molecule has 1 spiro atoms. The van der Waals surface area contributed by atoms with Crippen molar-refractivity contribution < 1.29 is 24.6 Å². The first-order valence-electron chi connectivity index (χ1n) is 9.48. The van der Waals surface area contributed by atoms with E-state index in [0.29, 0.717) is 38.2 Å². The highest BCUT2D eigenvalue weighted by Crippen LogP contribution is 2.39. The molecule has 1 aromatic carbocycles. The molecule has 0 saturated carbocycles. The maximum Gasteiger partial charge on any atom is 0.327 e. The molecule has 1 aromatic heterocycles. The highest BCUT2D eigenvalue weighted by molar-refractivity contribution is 7.13. The molecule has 0 atom stereocenters. The molecule has 160 valence electrons. The largest absolute Gasteiger partial charge is 0.483 e. The second-order valence-corrected chi connectivity index (χ2v) is 7.96. The van der Waals surface area contributed by atoms with Crippen molar-refractivity contribution >= 4 is 34.9 Å². The van der Waals surface area contributed by atoms with Crippen LogP contribution in [-0.2, 0) is 22.7 Å². The van der Waals surface area contributed by atoms with Crippen LogP contribution in [0.5, 0.6) is 0 Å². The SMILES string of the molecule is CN1C(=O)N(Cc2ccccc2)C2(CCN(c3nc(CO)cs3)CC2)C1=O.O=CO. The van der Waals surface area contributed by atoms with Gasteiger partial charge in [0.05, 0.1) is 12.3 Å². The zero-order valence-corrected chi connectivity index (χ0v) is 17.4. The standard InChI is InChI=1S/C19H22N4O3S.CH2O2/c1-21-16(25)19(23(18(21)26)11-14-5-3-2-4-6-14)7-9-22(10-8-19)17-20-15(12-24)13-27-17;2-1-3/h2-6,13,24H,7-12H2,1H3;1H,(H,2,3). The number of thiazole rings is 1. The lowest BCUT2D eigenvalue weighted by molar-refractivity contribution is -0.133. The molecule has 4 rings (SSSR count). The Labute approximate surface area is 178 Å². The average Bonchev–Trinajstić information content (AvgIpc) is 3.31. The van der Waals surface area contributed by atoms with E-state index in [1.165, 1.54) is 16.2 Å². The van der Waals surface area contributed by atoms with Gasteiger partial charge in [0.25, 0.3) is 12.4 Å². The third kappa shape index (κ3) is 4.01. The molecule has 3 heterocycles. The second-order valence-electron chi connectivity index (χ2n) is 7.12. The molecule has 0 radical (unpaired) electrons. The zero-order chi connectivity index (χ0) is 21.7. The van der Waals surface area contributed by atoms with Crippen LogP contribution >= 0.6 is 11.3 Å². The van der Waals surface area contributed by atoms with Crippen LogP contribution in [0.2, 0.25) is 0 Å². The van der Waals surface area contributed by atoms with E-state index in [4.69, 9.17) is 9.90 Å². The third-order valence-corrected chi connectivity index (χ3v) is 6.43. The molecule has 2 saturated heterocycles. The van der Waals surface area contributed by atoms with Crippen LogP contribution in [0.3, 0.4) is 0 Å². The number of hydrogen-bond donors (Lipinski definition) is 2. The van der Waals surface area contributed by atoms with Crippen molar-refractivity contribution in [2.75, 3.05) is 25.0 Å². The monoisotopic (exact) mass is 432 g/mol. The Morgan fingerprint density at radius 1 is 1.20 bits per heavy atom. The maximum absolute atomic E-state index is 13.0. The van der Waals surface area contributed by atoms with Crippen molar-refractivity contribution in [3.8, 4) is 0 Å². The number of carboxylic acid groups (broad SMARTS) is 1. The van der Waals surface area contributed by atoms with Gasteiger partial charge < -0.3 is 20.0 Å². The zero-order valence-electron chi connectivity index (χ0n) is 16.6. The highest BCUT2D eigenvalue weighted by atomic mass is 32.1. The van der Waals surface area contributed by atoms with Gasteiger partial charge in [-0.05, 0) is 18.4 Å². The Hall–Kier alpha value is -2.98. The van der Waals surface area contributed by atoms with E-state index in [2.05, 4.69) is 9.88 Å². The minimum absolute atomic E-state index is 0.0725. The summed E-state index contributed by atoms with van der Waals surface area (Å²) in [5.41, 5.74) is 0.894. The van der Waals surface area contributed by atoms with Crippen LogP contribution < -0.4 is 4.90 Å². The summed E-state index contributed by atoms with van der Waals surface area (Å²) in [4.78, 5) is 43.7. The average molecular weight is 433 g/mol. The van der Waals surface area contributed by atoms with Gasteiger partial charge in [-0.25, -0.2) is 9.78 Å². The molecule has 2 fully saturated rings. The van der Waals surface area contributed by atoms with Gasteiger partial charge in [0.2, 0.25) is 0 Å². The molecule has 2 aliphatic rings. The lowest BCUT2D eigenvalue weighted by atomic mass is 9.85. The van der Waals surface area contributed by atoms with E-state index in [1.807, 2.05) is 35.7 Å². The summed E-state index contributed by atoms with van der Waals surface area (Å²) < 4.78 is 0. The number of benzene rings is 1. The summed E-state index contributed by atoms with van der Waals surface area (Å²) in [6.45, 7) is 1.41. The number of piperidine rings is 1. The summed E-state index contributed by atoms with van der Waals surface area (Å²) in [7, 11) is 1.57. The smallest absolute Gasteiger partial charge is 0.327 e. The third-order valence-electron chi connectivity index (χ3n) is 5.48. The molecule has 0 bridgehead atoms. The molecule has 2 aromatic rings. The van der Waals surface area contributed by atoms with Crippen LogP contribution in [0.15, 0.2) is 35.7 Å². The number of aromatic nitrogens is 1. The second kappa shape index (κ2) is 9.23. The molecule has 30 heavy (non-hydrogen) atoms. The first-order valence-corrected chi connectivity index (χ1v) is 10.4. The van der Waals surface area contributed by atoms with Gasteiger partial charge in [0.15, 0.2) is 5.13 Å². The van der Waals surface area contributed by atoms with Gasteiger partial charge in [-0.2, -0.15) is 0 Å². The summed E-state index contributed by atoms with van der Waals surface area (Å²) in [6, 6.07) is 9.55. The lowest BCUT2D eigenvalue weighted by Crippen LogP contribution is -2.56. The summed E-state index contributed by atoms with van der Waals surface area (Å²) in [5.74, 6) is -0.113. The minimum Gasteiger partial charge on any atom is -0.483 e. The molecular weight excluding hydrogens is 408 g/mol. The van der Waals surface area contributed by atoms with E-state index in [-0.39, 0.29) is 25.0 Å². The molecular formula is C20H24N4O5S. The van der Waals surface area contributed by atoms with E-state index in [1.54, 1.807) is 11.9 Å². The predicted molar refractivity (Wildman–Crippen MR) is 111 cm³/mol. The van der Waals surface area contributed by atoms with E-state index < -0.39 is 5.54 Å². The number of nitrogens with zero attached hydrogens (tertiary/aromatic N) is 4. The summed E-state index contributed by atoms with van der Waals surface area (Å²) in [6.07, 6.45) is 1.14. The summed E-state index contributed by atoms with van der Waals surface area (Å²) >= 11 is 1.50. The fourth-order valence-corrected chi connectivity index (χ4v) is 4.80. The quantitative estimate of drug-likeness (QED) is 0.559. The van der Waals surface area contributed by atoms with Crippen molar-refractivity contribution in [2.45, 2.75) is 31.5 Å². The summed E-state index contributed by atoms with van der Waals surface area (Å²) in [5, 5.41) is 18.8. The van der Waals surface area contributed by atoms with Gasteiger partial charge in [-0.3, -0.25) is 14.5 Å². The fraction of sp³-hybridized carbons (Fsp3) is 0.400. The first kappa shape index (κ1) is 21.7. The number of imide groups is 1. The number of anilines is 1. The van der Waals surface area contributed by atoms with Crippen molar-refractivity contribution in [3.63, 3.8) is 0 Å². The van der Waals surface area contributed by atoms with Crippen LogP contribution in [0, 0.1) is 0 Å². The highest BCUT2D eigenvalue weighted by Gasteiger charge is 2.56. The number of rotatable bonds is 4. The fourth-order valence-electron chi connectivity index (χ4n) is 3.93. The van der Waals surface area contributed by atoms with Gasteiger partial charge in [0, 0.05) is 32.1 Å². The topological polar surface area (TPSA) is 114 Å². The first-order chi connectivity index (χ1) is 14.5. The number of carbonyl (C=O) groups excluding carboxylic acids is 2. The van der Waals surface area contributed by atoms with Gasteiger partial charge >= 0.3 is 6.03 Å². The molecule has 9 nitrogen and oxygen atoms in total. The van der Waals surface area contributed by atoms with E-state index >= 15 is 0 Å². The van der Waals surface area contributed by atoms with Crippen molar-refractivity contribution in [1.29, 1.82) is 0 Å². The molecule has 2 N–H and O–H groups in total. The number of aliphatic hydroxyl groups excluding tert-OH is 1. The number of urea groups is 1. The molecule has 10 heteroatoms. The maximum atomic E-state index is 13.0. The normalized spacial score (nSPS) is 17.9. The van der Waals surface area contributed by atoms with Gasteiger partial charge in [0.1, 0.15) is 5.54 Å². The number of likely N-dealkylation sites (N-methyl/N-ethyl adjacent to an activating group) is 1. The Balaban J connectivity index is 0.000000806. The lowest BCUT2D eigenvalue weighted by Gasteiger charge is -2.42. The molecule has 0 aliphatic carbocycles. The number of aliphatic hydroxyl groups is 1. The molecule has 0 unspecified atom stereocenters. The van der Waals surface area contributed by atoms with Gasteiger partial charge in [-0.1, -0.05) is 30.3 Å². The van der Waals surface area contributed by atoms with Crippen molar-refractivity contribution in [2.24, 2.45) is 0 Å². The Morgan fingerprint density at radius 3 is 2.40 bits per heavy atom. The van der Waals surface area contributed by atoms with E-state index in [9.17, 15) is 14.7 Å². The minimum atomic E-state index is -0.782. The van der Waals surface area contributed by atoms with Crippen LogP contribution in [-0.4, -0.2) is 69.1 Å². The van der Waals surface area contributed by atoms with Crippen molar-refractivity contribution in [1.82, 2.24) is 14.8 Å². The van der Waals surface area contributed by atoms with E-state index in [0.717, 1.165) is 10.7 Å². The molecule has 3 amide bonds. The Kier molecular flexibility index (Phi) is 6.68. The van der Waals surface area contributed by atoms with Crippen molar-refractivity contribution in [3.05, 3.63) is 47.0 Å². The number of carbonyl (C=O) groups is 3. The van der Waals surface area contributed by atoms with Gasteiger partial charge in [-0.15, -0.1) is 11.3 Å². The van der Waals surface area contributed by atoms with Crippen LogP contribution in [0.25, 0.3) is 0 Å². The Bertz CT molecular complexity index is 896. The number of hydrogen-bond acceptors (Lipinski definition) is 7. The Morgan fingerprint density at radius 2 is 1.83 bits per heavy atom. The predicted octanol–water partition coefficient (Wildman–Crippen LogP) is 1.77. The molecule has 2 aliphatic heterocycles. The van der Waals surface area contributed by atoms with Crippen LogP contribution in [0.1, 0.15) is 24.1 Å². The van der Waals surface area contributed by atoms with Crippen LogP contribution in [0.4, 0.5) is 9.93 Å².